The van der Waals surface area contributed by atoms with E-state index in [1.165, 1.54) is 122 Å². The molecule has 0 radical (unpaired) electrons. The van der Waals surface area contributed by atoms with E-state index in [9.17, 15) is 19.4 Å². The van der Waals surface area contributed by atoms with Crippen LogP contribution in [0, 0.1) is 0 Å². The van der Waals surface area contributed by atoms with Gasteiger partial charge in [-0.25, -0.2) is 4.57 Å². The molecule has 3 atom stereocenters. The number of nitrogens with one attached hydrogen (secondary N) is 1. The molecule has 0 aromatic rings. The Morgan fingerprint density at radius 2 is 1.15 bits per heavy atom. The molecule has 0 aliphatic rings. The number of phosphoric ester groups is 1. The summed E-state index contributed by atoms with van der Waals surface area (Å²) >= 11 is 0. The van der Waals surface area contributed by atoms with E-state index in [4.69, 9.17) is 9.05 Å². The Balaban J connectivity index is 3.92. The maximum atomic E-state index is 12.3. The number of unbranched alkanes of at least 4 members (excludes halogenated alkanes) is 21. The van der Waals surface area contributed by atoms with Crippen LogP contribution in [0.3, 0.4) is 0 Å². The number of nitrogens with zero attached hydrogens (tertiary/aromatic N) is 1. The van der Waals surface area contributed by atoms with Crippen molar-refractivity contribution in [1.82, 2.24) is 5.32 Å². The second kappa shape index (κ2) is 30.3. The van der Waals surface area contributed by atoms with E-state index in [0.717, 1.165) is 19.3 Å². The van der Waals surface area contributed by atoms with Crippen LogP contribution in [0.4, 0.5) is 0 Å². The van der Waals surface area contributed by atoms with Crippen molar-refractivity contribution in [3.8, 4) is 0 Å². The lowest BCUT2D eigenvalue weighted by Crippen LogP contribution is -2.45. The van der Waals surface area contributed by atoms with Crippen LogP contribution < -0.4 is 5.32 Å². The minimum atomic E-state index is -4.30. The second-order valence-electron chi connectivity index (χ2n) is 14.3. The molecule has 3 unspecified atom stereocenters. The van der Waals surface area contributed by atoms with E-state index < -0.39 is 20.0 Å². The van der Waals surface area contributed by atoms with Crippen LogP contribution in [0.2, 0.25) is 0 Å². The smallest absolute Gasteiger partial charge is 0.387 e. The van der Waals surface area contributed by atoms with Gasteiger partial charge in [0.25, 0.3) is 0 Å². The lowest BCUT2D eigenvalue weighted by molar-refractivity contribution is -0.870. The summed E-state index contributed by atoms with van der Waals surface area (Å²) in [5.41, 5.74) is 0. The van der Waals surface area contributed by atoms with Crippen molar-refractivity contribution < 1.29 is 32.9 Å². The summed E-state index contributed by atoms with van der Waals surface area (Å²) in [5, 5.41) is 13.4. The summed E-state index contributed by atoms with van der Waals surface area (Å²) in [6.07, 6.45) is 33.0. The zero-order chi connectivity index (χ0) is 34.4. The Labute approximate surface area is 284 Å². The summed E-state index contributed by atoms with van der Waals surface area (Å²) < 4.78 is 23.1. The summed E-state index contributed by atoms with van der Waals surface area (Å²) in [4.78, 5) is 22.2. The van der Waals surface area contributed by atoms with Gasteiger partial charge in [0, 0.05) is 6.42 Å². The fourth-order valence-corrected chi connectivity index (χ4v) is 6.17. The van der Waals surface area contributed by atoms with Gasteiger partial charge in [-0.3, -0.25) is 13.8 Å². The quantitative estimate of drug-likeness (QED) is 0.0272. The number of likely N-dealkylation sites (N-methyl/N-ethyl adjacent to an activating group) is 1. The van der Waals surface area contributed by atoms with Gasteiger partial charge < -0.3 is 19.8 Å². The van der Waals surface area contributed by atoms with Crippen LogP contribution in [0.15, 0.2) is 12.2 Å². The van der Waals surface area contributed by atoms with Crippen LogP contribution in [-0.2, 0) is 18.4 Å². The number of hydrogen-bond donors (Lipinski definition) is 3. The Kier molecular flexibility index (Phi) is 29.8. The molecule has 0 fully saturated rings. The van der Waals surface area contributed by atoms with Crippen molar-refractivity contribution in [2.45, 2.75) is 180 Å². The van der Waals surface area contributed by atoms with E-state index >= 15 is 0 Å². The minimum absolute atomic E-state index is 0.0616. The molecule has 274 valence electrons. The van der Waals surface area contributed by atoms with E-state index in [2.05, 4.69) is 12.2 Å². The Morgan fingerprint density at radius 1 is 0.717 bits per heavy atom. The molecule has 0 bridgehead atoms. The number of aliphatic hydroxyl groups is 1. The summed E-state index contributed by atoms with van der Waals surface area (Å²) in [7, 11) is 1.57. The number of quaternary nitrogens is 1. The third-order valence-corrected chi connectivity index (χ3v) is 9.46. The molecular formula is C37H76N2O6P+. The molecule has 46 heavy (non-hydrogen) atoms. The summed E-state index contributed by atoms with van der Waals surface area (Å²) in [5.74, 6) is -0.230. The van der Waals surface area contributed by atoms with Crippen LogP contribution in [0.5, 0.6) is 0 Å². The van der Waals surface area contributed by atoms with Gasteiger partial charge in [0.05, 0.1) is 39.9 Å². The predicted molar refractivity (Wildman–Crippen MR) is 194 cm³/mol. The molecule has 0 saturated heterocycles. The van der Waals surface area contributed by atoms with Crippen LogP contribution in [-0.4, -0.2) is 73.4 Å². The number of carbonyl (C=O) groups is 1. The molecule has 0 aromatic carbocycles. The molecule has 9 heteroatoms. The number of hydrogen-bond acceptors (Lipinski definition) is 5. The highest BCUT2D eigenvalue weighted by Gasteiger charge is 2.27. The number of amides is 1. The maximum Gasteiger partial charge on any atom is 0.472 e. The molecule has 0 aliphatic carbocycles. The van der Waals surface area contributed by atoms with Crippen molar-refractivity contribution in [1.29, 1.82) is 0 Å². The van der Waals surface area contributed by atoms with Crippen molar-refractivity contribution in [2.75, 3.05) is 40.9 Å². The number of allylic oxidation sites excluding steroid dienone is 1. The SMILES string of the molecule is CCCCCCCCCCCCCCCCCCCCCCC/C=C/C(O)C(COP(=O)(O)OCC[N+](C)(C)C)NC(=O)CCC. The molecule has 0 spiro atoms. The molecular weight excluding hydrogens is 599 g/mol. The predicted octanol–water partition coefficient (Wildman–Crippen LogP) is 9.63. The van der Waals surface area contributed by atoms with Gasteiger partial charge in [-0.15, -0.1) is 0 Å². The van der Waals surface area contributed by atoms with Crippen molar-refractivity contribution >= 4 is 13.7 Å². The molecule has 1 amide bonds. The number of phosphoric acid groups is 1. The normalized spacial score (nSPS) is 14.8. The van der Waals surface area contributed by atoms with Gasteiger partial charge >= 0.3 is 7.82 Å². The molecule has 0 aliphatic heterocycles. The van der Waals surface area contributed by atoms with E-state index in [-0.39, 0.29) is 19.1 Å². The monoisotopic (exact) mass is 676 g/mol. The van der Waals surface area contributed by atoms with Crippen molar-refractivity contribution in [3.63, 3.8) is 0 Å². The van der Waals surface area contributed by atoms with Gasteiger partial charge in [0.2, 0.25) is 5.91 Å². The number of carbonyl (C=O) groups excluding carboxylic acids is 1. The first-order valence-corrected chi connectivity index (χ1v) is 20.6. The standard InChI is InChI=1S/C37H75N2O6P/c1-6-8-9-10-11-12-13-14-15-16-17-18-19-20-21-22-23-24-25-26-27-28-29-31-36(40)35(38-37(41)30-7-2)34-45-46(42,43)44-33-32-39(3,4)5/h29,31,35-36,40H,6-28,30,32-34H2,1-5H3,(H-,38,41,42,43)/p+1/b31-29+. The molecule has 3 N–H and O–H groups in total. The van der Waals surface area contributed by atoms with E-state index in [1.54, 1.807) is 6.08 Å². The van der Waals surface area contributed by atoms with Crippen LogP contribution in [0.25, 0.3) is 0 Å². The van der Waals surface area contributed by atoms with Gasteiger partial charge in [-0.05, 0) is 19.3 Å². The molecule has 0 aromatic heterocycles. The first-order chi connectivity index (χ1) is 22.0. The topological polar surface area (TPSA) is 105 Å². The van der Waals surface area contributed by atoms with Crippen molar-refractivity contribution in [3.05, 3.63) is 12.2 Å². The molecule has 0 rings (SSSR count). The van der Waals surface area contributed by atoms with Gasteiger partial charge in [-0.2, -0.15) is 0 Å². The lowest BCUT2D eigenvalue weighted by Gasteiger charge is -2.25. The fourth-order valence-electron chi connectivity index (χ4n) is 5.44. The highest BCUT2D eigenvalue weighted by atomic mass is 31.2. The lowest BCUT2D eigenvalue weighted by atomic mass is 10.0. The summed E-state index contributed by atoms with van der Waals surface area (Å²) in [6, 6.07) is -0.836. The molecule has 0 saturated carbocycles. The summed E-state index contributed by atoms with van der Waals surface area (Å²) in [6.45, 7) is 4.46. The van der Waals surface area contributed by atoms with Gasteiger partial charge in [-0.1, -0.05) is 154 Å². The van der Waals surface area contributed by atoms with Crippen molar-refractivity contribution in [2.24, 2.45) is 0 Å². The Morgan fingerprint density at radius 3 is 1.57 bits per heavy atom. The van der Waals surface area contributed by atoms with Crippen LogP contribution >= 0.6 is 7.82 Å². The highest BCUT2D eigenvalue weighted by Crippen LogP contribution is 2.43. The third-order valence-electron chi connectivity index (χ3n) is 8.48. The van der Waals surface area contributed by atoms with Crippen LogP contribution in [0.1, 0.15) is 168 Å². The zero-order valence-electron chi connectivity index (χ0n) is 30.8. The average molecular weight is 676 g/mol. The number of rotatable bonds is 34. The highest BCUT2D eigenvalue weighted by molar-refractivity contribution is 7.47. The second-order valence-corrected chi connectivity index (χ2v) is 15.8. The largest absolute Gasteiger partial charge is 0.472 e. The van der Waals surface area contributed by atoms with E-state index in [0.29, 0.717) is 23.9 Å². The molecule has 0 heterocycles. The first-order valence-electron chi connectivity index (χ1n) is 19.1. The average Bonchev–Trinajstić information content (AvgIpc) is 2.98. The van der Waals surface area contributed by atoms with Gasteiger partial charge in [0.1, 0.15) is 13.2 Å². The first kappa shape index (κ1) is 45.2. The third kappa shape index (κ3) is 31.8. The fraction of sp³-hybridized carbons (Fsp3) is 0.919. The zero-order valence-corrected chi connectivity index (χ0v) is 31.7. The molecule has 8 nitrogen and oxygen atoms in total. The minimum Gasteiger partial charge on any atom is -0.387 e. The van der Waals surface area contributed by atoms with Gasteiger partial charge in [0.15, 0.2) is 0 Å². The Hall–Kier alpha value is -0.760. The Bertz CT molecular complexity index is 773. The maximum absolute atomic E-state index is 12.3. The van der Waals surface area contributed by atoms with E-state index in [1.807, 2.05) is 34.1 Å². The number of aliphatic hydroxyl groups excluding tert-OH is 1.